The quantitative estimate of drug-likeness (QED) is 0.496. The minimum Gasteiger partial charge on any atom is -0.402 e. The number of aliphatic hydroxyl groups excluding tert-OH is 1. The Kier molecular flexibility index (Phi) is 2.86. The van der Waals surface area contributed by atoms with Crippen LogP contribution in [0.3, 0.4) is 0 Å². The van der Waals surface area contributed by atoms with E-state index in [-0.39, 0.29) is 13.2 Å². The molecule has 0 bridgehead atoms. The fraction of sp³-hybridized carbons (Fsp3) is 0.500. The molecule has 4 heteroatoms. The van der Waals surface area contributed by atoms with Crippen LogP contribution in [0.15, 0.2) is 23.9 Å². The molecular formula is C8H14N2O2. The Morgan fingerprint density at radius 2 is 2.42 bits per heavy atom. The Morgan fingerprint density at radius 1 is 1.67 bits per heavy atom. The molecule has 0 fully saturated rings. The van der Waals surface area contributed by atoms with Gasteiger partial charge in [0.1, 0.15) is 5.72 Å². The third-order valence-corrected chi connectivity index (χ3v) is 1.63. The summed E-state index contributed by atoms with van der Waals surface area (Å²) in [6.45, 7) is 0.199. The van der Waals surface area contributed by atoms with Crippen LogP contribution in [0.5, 0.6) is 0 Å². The summed E-state index contributed by atoms with van der Waals surface area (Å²) in [6, 6.07) is 0. The molecular weight excluding hydrogens is 156 g/mol. The average molecular weight is 170 g/mol. The lowest BCUT2D eigenvalue weighted by molar-refractivity contribution is -0.0214. The second-order valence-corrected chi connectivity index (χ2v) is 2.80. The van der Waals surface area contributed by atoms with Gasteiger partial charge in [0, 0.05) is 12.1 Å². The first-order chi connectivity index (χ1) is 5.66. The smallest absolute Gasteiger partial charge is 0.141 e. The summed E-state index contributed by atoms with van der Waals surface area (Å²) in [7, 11) is 0. The van der Waals surface area contributed by atoms with Crippen LogP contribution in [0.1, 0.15) is 6.42 Å². The van der Waals surface area contributed by atoms with Crippen molar-refractivity contribution in [3.8, 4) is 0 Å². The van der Waals surface area contributed by atoms with Crippen LogP contribution >= 0.6 is 0 Å². The Bertz CT molecular complexity index is 213. The fourth-order valence-corrected chi connectivity index (χ4v) is 1.11. The summed E-state index contributed by atoms with van der Waals surface area (Å²) in [5.41, 5.74) is 11.2. The molecule has 4 nitrogen and oxygen atoms in total. The summed E-state index contributed by atoms with van der Waals surface area (Å²) in [6.07, 6.45) is 5.76. The van der Waals surface area contributed by atoms with Gasteiger partial charge in [0.2, 0.25) is 0 Å². The number of ether oxygens (including phenoxy) is 1. The Hall–Kier alpha value is -0.840. The lowest BCUT2D eigenvalue weighted by atomic mass is 10.0. The van der Waals surface area contributed by atoms with Crippen molar-refractivity contribution in [1.82, 2.24) is 0 Å². The molecule has 1 unspecified atom stereocenters. The van der Waals surface area contributed by atoms with Gasteiger partial charge in [-0.25, -0.2) is 0 Å². The maximum Gasteiger partial charge on any atom is 0.141 e. The summed E-state index contributed by atoms with van der Waals surface area (Å²) in [4.78, 5) is 0. The molecule has 0 saturated carbocycles. The molecule has 0 aromatic heterocycles. The van der Waals surface area contributed by atoms with Crippen LogP contribution in [0.2, 0.25) is 0 Å². The summed E-state index contributed by atoms with van der Waals surface area (Å²) in [5.74, 6) is 0. The summed E-state index contributed by atoms with van der Waals surface area (Å²) in [5, 5.41) is 8.53. The molecule has 1 rings (SSSR count). The van der Waals surface area contributed by atoms with E-state index in [1.807, 2.05) is 0 Å². The van der Waals surface area contributed by atoms with Gasteiger partial charge in [-0.1, -0.05) is 6.08 Å². The maximum absolute atomic E-state index is 8.53. The molecule has 0 aromatic rings. The first-order valence-electron chi connectivity index (χ1n) is 3.84. The number of hydrogen-bond donors (Lipinski definition) is 3. The molecule has 5 N–H and O–H groups in total. The fourth-order valence-electron chi connectivity index (χ4n) is 1.11. The highest BCUT2D eigenvalue weighted by molar-refractivity contribution is 5.22. The molecule has 0 amide bonds. The SMILES string of the molecule is NC1=CC=CC(N)(OCCO)C1. The second kappa shape index (κ2) is 3.71. The topological polar surface area (TPSA) is 81.5 Å². The van der Waals surface area contributed by atoms with Crippen LogP contribution in [0.4, 0.5) is 0 Å². The van der Waals surface area contributed by atoms with E-state index in [2.05, 4.69) is 0 Å². The molecule has 0 spiro atoms. The van der Waals surface area contributed by atoms with Gasteiger partial charge in [0.05, 0.1) is 13.2 Å². The van der Waals surface area contributed by atoms with E-state index in [9.17, 15) is 0 Å². The lowest BCUT2D eigenvalue weighted by Crippen LogP contribution is -2.43. The zero-order valence-electron chi connectivity index (χ0n) is 6.86. The first-order valence-corrected chi connectivity index (χ1v) is 3.84. The van der Waals surface area contributed by atoms with E-state index in [0.717, 1.165) is 0 Å². The van der Waals surface area contributed by atoms with E-state index in [0.29, 0.717) is 12.1 Å². The van der Waals surface area contributed by atoms with Gasteiger partial charge < -0.3 is 15.6 Å². The van der Waals surface area contributed by atoms with E-state index in [4.69, 9.17) is 21.3 Å². The predicted molar refractivity (Wildman–Crippen MR) is 46.0 cm³/mol. The van der Waals surface area contributed by atoms with Crippen molar-refractivity contribution < 1.29 is 9.84 Å². The number of allylic oxidation sites excluding steroid dienone is 2. The monoisotopic (exact) mass is 170 g/mol. The highest BCUT2D eigenvalue weighted by Crippen LogP contribution is 2.18. The van der Waals surface area contributed by atoms with Gasteiger partial charge in [0.25, 0.3) is 0 Å². The largest absolute Gasteiger partial charge is 0.402 e. The van der Waals surface area contributed by atoms with E-state index < -0.39 is 5.72 Å². The Labute approximate surface area is 71.5 Å². The third-order valence-electron chi connectivity index (χ3n) is 1.63. The molecule has 0 aliphatic heterocycles. The Balaban J connectivity index is 2.51. The molecule has 1 atom stereocenters. The molecule has 0 heterocycles. The number of rotatable bonds is 3. The molecule has 1 aliphatic rings. The van der Waals surface area contributed by atoms with Crippen LogP contribution in [-0.2, 0) is 4.74 Å². The first kappa shape index (κ1) is 9.25. The van der Waals surface area contributed by atoms with Crippen LogP contribution < -0.4 is 11.5 Å². The number of hydrogen-bond acceptors (Lipinski definition) is 4. The van der Waals surface area contributed by atoms with E-state index in [1.165, 1.54) is 0 Å². The molecule has 1 aliphatic carbocycles. The van der Waals surface area contributed by atoms with Crippen molar-refractivity contribution in [2.75, 3.05) is 13.2 Å². The zero-order chi connectivity index (χ0) is 9.03. The summed E-state index contributed by atoms with van der Waals surface area (Å²) >= 11 is 0. The van der Waals surface area contributed by atoms with Gasteiger partial charge in [-0.05, 0) is 12.2 Å². The standard InChI is InChI=1S/C8H14N2O2/c9-7-2-1-3-8(10,6-7)12-5-4-11/h1-3,11H,4-6,9-10H2. The molecule has 68 valence electrons. The maximum atomic E-state index is 8.53. The third kappa shape index (κ3) is 2.34. The normalized spacial score (nSPS) is 28.7. The van der Waals surface area contributed by atoms with Crippen molar-refractivity contribution in [3.63, 3.8) is 0 Å². The van der Waals surface area contributed by atoms with Crippen LogP contribution in [-0.4, -0.2) is 24.0 Å². The van der Waals surface area contributed by atoms with Crippen molar-refractivity contribution in [2.45, 2.75) is 12.1 Å². The highest BCUT2D eigenvalue weighted by Gasteiger charge is 2.24. The minimum absolute atomic E-state index is 0.0313. The molecule has 12 heavy (non-hydrogen) atoms. The van der Waals surface area contributed by atoms with Gasteiger partial charge in [0.15, 0.2) is 0 Å². The van der Waals surface area contributed by atoms with E-state index in [1.54, 1.807) is 18.2 Å². The highest BCUT2D eigenvalue weighted by atomic mass is 16.5. The van der Waals surface area contributed by atoms with Crippen LogP contribution in [0.25, 0.3) is 0 Å². The zero-order valence-corrected chi connectivity index (χ0v) is 6.86. The van der Waals surface area contributed by atoms with Crippen molar-refractivity contribution in [1.29, 1.82) is 0 Å². The Morgan fingerprint density at radius 3 is 3.00 bits per heavy atom. The minimum atomic E-state index is -0.832. The summed E-state index contributed by atoms with van der Waals surface area (Å²) < 4.78 is 5.21. The van der Waals surface area contributed by atoms with Gasteiger partial charge >= 0.3 is 0 Å². The van der Waals surface area contributed by atoms with E-state index >= 15 is 0 Å². The van der Waals surface area contributed by atoms with Crippen molar-refractivity contribution >= 4 is 0 Å². The van der Waals surface area contributed by atoms with Crippen molar-refractivity contribution in [3.05, 3.63) is 23.9 Å². The lowest BCUT2D eigenvalue weighted by Gasteiger charge is -2.28. The predicted octanol–water partition coefficient (Wildman–Crippen LogP) is -0.547. The second-order valence-electron chi connectivity index (χ2n) is 2.80. The molecule has 0 aromatic carbocycles. The van der Waals surface area contributed by atoms with Gasteiger partial charge in [-0.3, -0.25) is 5.73 Å². The van der Waals surface area contributed by atoms with Crippen molar-refractivity contribution in [2.24, 2.45) is 11.5 Å². The van der Waals surface area contributed by atoms with Gasteiger partial charge in [-0.2, -0.15) is 0 Å². The van der Waals surface area contributed by atoms with Gasteiger partial charge in [-0.15, -0.1) is 0 Å². The number of nitrogens with two attached hydrogens (primary N) is 2. The van der Waals surface area contributed by atoms with Crippen LogP contribution in [0, 0.1) is 0 Å². The number of aliphatic hydroxyl groups is 1. The average Bonchev–Trinajstić information content (AvgIpc) is 2.01. The molecule has 0 radical (unpaired) electrons. The molecule has 0 saturated heterocycles.